The van der Waals surface area contributed by atoms with E-state index in [1.807, 2.05) is 31.3 Å². The fourth-order valence-electron chi connectivity index (χ4n) is 1.60. The van der Waals surface area contributed by atoms with Gasteiger partial charge in [0.15, 0.2) is 0 Å². The maximum atomic E-state index is 9.37. The lowest BCUT2D eigenvalue weighted by molar-refractivity contribution is 0.243. The Morgan fingerprint density at radius 2 is 2.12 bits per heavy atom. The van der Waals surface area contributed by atoms with Gasteiger partial charge >= 0.3 is 0 Å². The molecule has 2 aromatic rings. The Morgan fingerprint density at radius 1 is 1.35 bits per heavy atom. The number of aromatic nitrogens is 1. The van der Waals surface area contributed by atoms with Gasteiger partial charge in [0.05, 0.1) is 12.6 Å². The fourth-order valence-corrected chi connectivity index (χ4v) is 2.44. The first-order valence-corrected chi connectivity index (χ1v) is 6.41. The molecule has 0 fully saturated rings. The van der Waals surface area contributed by atoms with Gasteiger partial charge in [-0.05, 0) is 12.5 Å². The van der Waals surface area contributed by atoms with Crippen LogP contribution in [0, 0.1) is 6.92 Å². The highest BCUT2D eigenvalue weighted by Crippen LogP contribution is 2.19. The lowest BCUT2D eigenvalue weighted by Crippen LogP contribution is -2.23. The van der Waals surface area contributed by atoms with E-state index in [4.69, 9.17) is 0 Å². The molecule has 1 aromatic heterocycles. The summed E-state index contributed by atoms with van der Waals surface area (Å²) in [5.74, 6) is 0. The molecule has 0 radical (unpaired) electrons. The van der Waals surface area contributed by atoms with Crippen molar-refractivity contribution in [2.24, 2.45) is 0 Å². The van der Waals surface area contributed by atoms with Crippen LogP contribution in [0.3, 0.4) is 0 Å². The van der Waals surface area contributed by atoms with Crippen LogP contribution in [0.5, 0.6) is 0 Å². The van der Waals surface area contributed by atoms with Crippen LogP contribution in [0.4, 0.5) is 0 Å². The number of aryl methyl sites for hydroxylation is 1. The van der Waals surface area contributed by atoms with Crippen molar-refractivity contribution in [3.05, 3.63) is 52.0 Å². The van der Waals surface area contributed by atoms with Crippen LogP contribution in [0.25, 0.3) is 0 Å². The number of thiazole rings is 1. The Hall–Kier alpha value is -1.23. The third-order valence-electron chi connectivity index (χ3n) is 2.52. The molecule has 1 heterocycles. The minimum Gasteiger partial charge on any atom is -0.394 e. The van der Waals surface area contributed by atoms with Crippen LogP contribution in [-0.4, -0.2) is 16.7 Å². The second-order valence-electron chi connectivity index (χ2n) is 3.91. The average molecular weight is 248 g/mol. The summed E-state index contributed by atoms with van der Waals surface area (Å²) in [4.78, 5) is 5.46. The maximum absolute atomic E-state index is 9.37. The zero-order chi connectivity index (χ0) is 12.1. The van der Waals surface area contributed by atoms with Crippen molar-refractivity contribution in [2.75, 3.05) is 6.61 Å². The largest absolute Gasteiger partial charge is 0.394 e. The molecule has 0 bridgehead atoms. The second kappa shape index (κ2) is 5.91. The van der Waals surface area contributed by atoms with Gasteiger partial charge in [-0.15, -0.1) is 11.3 Å². The molecule has 90 valence electrons. The highest BCUT2D eigenvalue weighted by Gasteiger charge is 2.13. The van der Waals surface area contributed by atoms with E-state index < -0.39 is 0 Å². The van der Waals surface area contributed by atoms with E-state index in [1.54, 1.807) is 11.3 Å². The Bertz CT molecular complexity index is 455. The number of aliphatic hydroxyl groups excluding tert-OH is 1. The van der Waals surface area contributed by atoms with Crippen molar-refractivity contribution >= 4 is 11.3 Å². The van der Waals surface area contributed by atoms with Gasteiger partial charge < -0.3 is 10.4 Å². The van der Waals surface area contributed by atoms with Crippen LogP contribution < -0.4 is 5.32 Å². The van der Waals surface area contributed by atoms with E-state index in [0.717, 1.165) is 11.6 Å². The van der Waals surface area contributed by atoms with E-state index in [9.17, 15) is 5.11 Å². The number of aliphatic hydroxyl groups is 1. The monoisotopic (exact) mass is 248 g/mol. The minimum atomic E-state index is -0.0751. The van der Waals surface area contributed by atoms with Crippen molar-refractivity contribution in [1.29, 1.82) is 0 Å². The van der Waals surface area contributed by atoms with Gasteiger partial charge in [-0.2, -0.15) is 0 Å². The summed E-state index contributed by atoms with van der Waals surface area (Å²) in [5, 5.41) is 13.6. The van der Waals surface area contributed by atoms with Gasteiger partial charge in [0.25, 0.3) is 0 Å². The number of nitrogens with one attached hydrogen (secondary N) is 1. The number of hydrogen-bond acceptors (Lipinski definition) is 4. The minimum absolute atomic E-state index is 0.0692. The van der Waals surface area contributed by atoms with Crippen LogP contribution in [-0.2, 0) is 6.54 Å². The first-order chi connectivity index (χ1) is 8.29. The highest BCUT2D eigenvalue weighted by molar-refractivity contribution is 7.11. The Balaban J connectivity index is 1.97. The Labute approximate surface area is 105 Å². The number of nitrogens with zero attached hydrogens (tertiary/aromatic N) is 1. The van der Waals surface area contributed by atoms with Crippen LogP contribution in [0.2, 0.25) is 0 Å². The summed E-state index contributed by atoms with van der Waals surface area (Å²) >= 11 is 1.62. The van der Waals surface area contributed by atoms with Crippen molar-refractivity contribution in [2.45, 2.75) is 19.5 Å². The fraction of sp³-hybridized carbons (Fsp3) is 0.308. The molecule has 0 aliphatic heterocycles. The third kappa shape index (κ3) is 3.36. The first kappa shape index (κ1) is 12.2. The smallest absolute Gasteiger partial charge is 0.112 e. The standard InChI is InChI=1S/C13H16N2OS/c1-10-7-15-13(17-10)12(9-16)14-8-11-5-3-2-4-6-11/h2-7,12,14,16H,8-9H2,1H3. The summed E-state index contributed by atoms with van der Waals surface area (Å²) in [6.07, 6.45) is 1.84. The van der Waals surface area contributed by atoms with Gasteiger partial charge in [0, 0.05) is 17.6 Å². The van der Waals surface area contributed by atoms with Crippen molar-refractivity contribution in [1.82, 2.24) is 10.3 Å². The SMILES string of the molecule is Cc1cnc(C(CO)NCc2ccccc2)s1. The van der Waals surface area contributed by atoms with Gasteiger partial charge in [0.2, 0.25) is 0 Å². The molecule has 3 nitrogen and oxygen atoms in total. The van der Waals surface area contributed by atoms with Crippen LogP contribution >= 0.6 is 11.3 Å². The van der Waals surface area contributed by atoms with Crippen LogP contribution in [0.1, 0.15) is 21.5 Å². The maximum Gasteiger partial charge on any atom is 0.112 e. The number of hydrogen-bond donors (Lipinski definition) is 2. The molecule has 1 atom stereocenters. The molecule has 0 saturated carbocycles. The lowest BCUT2D eigenvalue weighted by Gasteiger charge is -2.13. The molecular weight excluding hydrogens is 232 g/mol. The van der Waals surface area contributed by atoms with Gasteiger partial charge in [0.1, 0.15) is 5.01 Å². The van der Waals surface area contributed by atoms with Gasteiger partial charge in [-0.1, -0.05) is 30.3 Å². The molecule has 0 aliphatic carbocycles. The topological polar surface area (TPSA) is 45.2 Å². The normalized spacial score (nSPS) is 12.6. The highest BCUT2D eigenvalue weighted by atomic mass is 32.1. The second-order valence-corrected chi connectivity index (χ2v) is 5.18. The van der Waals surface area contributed by atoms with Gasteiger partial charge in [-0.3, -0.25) is 0 Å². The zero-order valence-electron chi connectivity index (χ0n) is 9.76. The average Bonchev–Trinajstić information content (AvgIpc) is 2.78. The molecule has 2 N–H and O–H groups in total. The van der Waals surface area contributed by atoms with E-state index >= 15 is 0 Å². The Morgan fingerprint density at radius 3 is 2.71 bits per heavy atom. The molecule has 0 spiro atoms. The van der Waals surface area contributed by atoms with Gasteiger partial charge in [-0.25, -0.2) is 4.98 Å². The summed E-state index contributed by atoms with van der Waals surface area (Å²) in [6.45, 7) is 2.83. The summed E-state index contributed by atoms with van der Waals surface area (Å²) < 4.78 is 0. The number of rotatable bonds is 5. The van der Waals surface area contributed by atoms with Crippen molar-refractivity contribution < 1.29 is 5.11 Å². The molecular formula is C13H16N2OS. The Kier molecular flexibility index (Phi) is 4.25. The van der Waals surface area contributed by atoms with E-state index in [1.165, 1.54) is 10.4 Å². The van der Waals surface area contributed by atoms with Crippen molar-refractivity contribution in [3.8, 4) is 0 Å². The number of benzene rings is 1. The van der Waals surface area contributed by atoms with Crippen molar-refractivity contribution in [3.63, 3.8) is 0 Å². The van der Waals surface area contributed by atoms with Crippen LogP contribution in [0.15, 0.2) is 36.5 Å². The molecule has 0 saturated heterocycles. The molecule has 0 amide bonds. The van der Waals surface area contributed by atoms with E-state index in [-0.39, 0.29) is 12.6 Å². The molecule has 1 aromatic carbocycles. The lowest BCUT2D eigenvalue weighted by atomic mass is 10.2. The predicted octanol–water partition coefficient (Wildman–Crippen LogP) is 2.27. The van der Waals surface area contributed by atoms with E-state index in [0.29, 0.717) is 0 Å². The van der Waals surface area contributed by atoms with E-state index in [2.05, 4.69) is 22.4 Å². The zero-order valence-corrected chi connectivity index (χ0v) is 10.6. The third-order valence-corrected chi connectivity index (χ3v) is 3.54. The summed E-state index contributed by atoms with van der Waals surface area (Å²) in [6, 6.07) is 10.1. The first-order valence-electron chi connectivity index (χ1n) is 5.60. The summed E-state index contributed by atoms with van der Waals surface area (Å²) in [5.41, 5.74) is 1.21. The molecule has 17 heavy (non-hydrogen) atoms. The quantitative estimate of drug-likeness (QED) is 0.853. The molecule has 4 heteroatoms. The molecule has 1 unspecified atom stereocenters. The molecule has 2 rings (SSSR count). The molecule has 0 aliphatic rings. The summed E-state index contributed by atoms with van der Waals surface area (Å²) in [7, 11) is 0. The predicted molar refractivity (Wildman–Crippen MR) is 70.0 cm³/mol.